The van der Waals surface area contributed by atoms with Crippen LogP contribution in [-0.4, -0.2) is 54.4 Å². The van der Waals surface area contributed by atoms with Crippen LogP contribution in [0.2, 0.25) is 0 Å². The Morgan fingerprint density at radius 3 is 2.85 bits per heavy atom. The maximum absolute atomic E-state index is 13.4. The van der Waals surface area contributed by atoms with Gasteiger partial charge in [0.15, 0.2) is 0 Å². The Kier molecular flexibility index (Phi) is 7.19. The molecule has 33 heavy (non-hydrogen) atoms. The van der Waals surface area contributed by atoms with E-state index >= 15 is 0 Å². The third-order valence-corrected chi connectivity index (χ3v) is 8.04. The molecule has 0 N–H and O–H groups in total. The monoisotopic (exact) mass is 481 g/mol. The number of thioether (sulfide) groups is 1. The van der Waals surface area contributed by atoms with Gasteiger partial charge in [-0.3, -0.25) is 4.79 Å². The van der Waals surface area contributed by atoms with Gasteiger partial charge < -0.3 is 14.5 Å². The van der Waals surface area contributed by atoms with E-state index in [-0.39, 0.29) is 12.0 Å². The molecule has 174 valence electrons. The molecule has 1 atom stereocenters. The number of rotatable bonds is 8. The van der Waals surface area contributed by atoms with Gasteiger partial charge in [0.05, 0.1) is 18.0 Å². The van der Waals surface area contributed by atoms with E-state index < -0.39 is 0 Å². The summed E-state index contributed by atoms with van der Waals surface area (Å²) in [4.78, 5) is 24.2. The van der Waals surface area contributed by atoms with Gasteiger partial charge in [-0.15, -0.1) is 11.8 Å². The highest BCUT2D eigenvalue weighted by Crippen LogP contribution is 2.30. The zero-order valence-electron chi connectivity index (χ0n) is 19.2. The lowest BCUT2D eigenvalue weighted by atomic mass is 10.1. The van der Waals surface area contributed by atoms with E-state index in [4.69, 9.17) is 9.72 Å². The van der Waals surface area contributed by atoms with Crippen LogP contribution in [0, 0.1) is 0 Å². The van der Waals surface area contributed by atoms with Crippen molar-refractivity contribution in [3.05, 3.63) is 52.2 Å². The van der Waals surface area contributed by atoms with E-state index in [9.17, 15) is 4.79 Å². The van der Waals surface area contributed by atoms with Crippen LogP contribution in [0.1, 0.15) is 36.8 Å². The van der Waals surface area contributed by atoms with E-state index in [0.717, 1.165) is 60.4 Å². The third kappa shape index (κ3) is 5.36. The molecule has 3 aromatic rings. The van der Waals surface area contributed by atoms with Crippen molar-refractivity contribution in [1.29, 1.82) is 0 Å². The maximum Gasteiger partial charge on any atom is 0.227 e. The molecule has 2 aliphatic heterocycles. The van der Waals surface area contributed by atoms with Crippen molar-refractivity contribution >= 4 is 45.7 Å². The van der Waals surface area contributed by atoms with Gasteiger partial charge in [-0.2, -0.15) is 11.3 Å². The Bertz CT molecular complexity index is 1090. The Labute approximate surface area is 204 Å². The molecule has 4 heterocycles. The lowest BCUT2D eigenvalue weighted by Crippen LogP contribution is -2.38. The minimum Gasteiger partial charge on any atom is -0.376 e. The van der Waals surface area contributed by atoms with Crippen molar-refractivity contribution in [3.8, 4) is 0 Å². The third-order valence-electron chi connectivity index (χ3n) is 6.58. The number of anilines is 1. The van der Waals surface area contributed by atoms with E-state index in [1.807, 2.05) is 16.3 Å². The van der Waals surface area contributed by atoms with Crippen LogP contribution in [0.5, 0.6) is 0 Å². The zero-order chi connectivity index (χ0) is 22.6. The molecule has 1 aromatic carbocycles. The second-order valence-corrected chi connectivity index (χ2v) is 10.6. The molecular weight excluding hydrogens is 450 g/mol. The number of fused-ring (bicyclic) bond motifs is 1. The van der Waals surface area contributed by atoms with Gasteiger partial charge in [0, 0.05) is 48.6 Å². The number of carbonyl (C=O) groups is 1. The number of ether oxygens (including phenoxy) is 1. The summed E-state index contributed by atoms with van der Waals surface area (Å²) in [5.41, 5.74) is 3.25. The average Bonchev–Trinajstić information content (AvgIpc) is 3.62. The summed E-state index contributed by atoms with van der Waals surface area (Å²) >= 11 is 3.38. The van der Waals surface area contributed by atoms with Gasteiger partial charge in [0.2, 0.25) is 5.91 Å². The number of thiophene rings is 1. The first-order valence-corrected chi connectivity index (χ1v) is 14.0. The second kappa shape index (κ2) is 10.5. The van der Waals surface area contributed by atoms with Crippen molar-refractivity contribution in [1.82, 2.24) is 9.88 Å². The summed E-state index contributed by atoms with van der Waals surface area (Å²) in [5, 5.41) is 5.24. The summed E-state index contributed by atoms with van der Waals surface area (Å²) in [6, 6.07) is 10.8. The number of hydrogen-bond donors (Lipinski definition) is 0. The molecule has 1 unspecified atom stereocenters. The average molecular weight is 482 g/mol. The quantitative estimate of drug-likeness (QED) is 0.405. The van der Waals surface area contributed by atoms with Crippen molar-refractivity contribution in [2.45, 2.75) is 49.6 Å². The molecule has 2 aliphatic rings. The normalized spacial score (nSPS) is 18.3. The molecule has 0 saturated carbocycles. The largest absolute Gasteiger partial charge is 0.376 e. The van der Waals surface area contributed by atoms with Crippen molar-refractivity contribution in [2.24, 2.45) is 0 Å². The van der Waals surface area contributed by atoms with Crippen molar-refractivity contribution in [2.75, 3.05) is 37.4 Å². The molecule has 2 fully saturated rings. The highest BCUT2D eigenvalue weighted by Gasteiger charge is 2.26. The molecule has 5 rings (SSSR count). The Morgan fingerprint density at radius 1 is 1.24 bits per heavy atom. The molecule has 5 nitrogen and oxygen atoms in total. The van der Waals surface area contributed by atoms with Crippen LogP contribution < -0.4 is 4.90 Å². The minimum absolute atomic E-state index is 0.129. The summed E-state index contributed by atoms with van der Waals surface area (Å²) < 4.78 is 5.91. The van der Waals surface area contributed by atoms with Crippen LogP contribution in [0.25, 0.3) is 10.9 Å². The van der Waals surface area contributed by atoms with E-state index in [0.29, 0.717) is 19.5 Å². The highest BCUT2D eigenvalue weighted by molar-refractivity contribution is 7.98. The van der Waals surface area contributed by atoms with Crippen LogP contribution in [0.4, 0.5) is 5.82 Å². The fourth-order valence-corrected chi connectivity index (χ4v) is 5.90. The molecule has 2 aromatic heterocycles. The van der Waals surface area contributed by atoms with Gasteiger partial charge in [-0.25, -0.2) is 4.98 Å². The summed E-state index contributed by atoms with van der Waals surface area (Å²) in [7, 11) is 0. The SMILES string of the molecule is CSc1ccc2cc(CN(CC3CCCO3)C(=O)Cc3ccsc3)c(N3CCCC3)nc2c1. The number of amides is 1. The van der Waals surface area contributed by atoms with Gasteiger partial charge >= 0.3 is 0 Å². The molecular formula is C26H31N3O2S2. The molecule has 0 spiro atoms. The smallest absolute Gasteiger partial charge is 0.227 e. The Hall–Kier alpha value is -2.09. The van der Waals surface area contributed by atoms with E-state index in [1.165, 1.54) is 17.7 Å². The minimum atomic E-state index is 0.129. The number of nitrogens with zero attached hydrogens (tertiary/aromatic N) is 3. The standard InChI is InChI=1S/C26H31N3O2S2/c1-32-23-7-6-20-14-21(26(27-24(20)15-23)28-9-2-3-10-28)16-29(17-22-5-4-11-31-22)25(30)13-19-8-12-33-18-19/h6-8,12,14-15,18,22H,2-5,9-11,13,16-17H2,1H3. The maximum atomic E-state index is 13.4. The fraction of sp³-hybridized carbons (Fsp3) is 0.462. The van der Waals surface area contributed by atoms with Crippen LogP contribution >= 0.6 is 23.1 Å². The summed E-state index contributed by atoms with van der Waals surface area (Å²) in [6.07, 6.45) is 7.15. The van der Waals surface area contributed by atoms with E-state index in [1.54, 1.807) is 23.1 Å². The fourth-order valence-electron chi connectivity index (χ4n) is 4.80. The number of hydrogen-bond acceptors (Lipinski definition) is 6. The van der Waals surface area contributed by atoms with Crippen LogP contribution in [0.15, 0.2) is 46.0 Å². The van der Waals surface area contributed by atoms with Crippen molar-refractivity contribution < 1.29 is 9.53 Å². The lowest BCUT2D eigenvalue weighted by molar-refractivity contribution is -0.132. The van der Waals surface area contributed by atoms with Crippen LogP contribution in [0.3, 0.4) is 0 Å². The molecule has 7 heteroatoms. The van der Waals surface area contributed by atoms with Crippen LogP contribution in [-0.2, 0) is 22.5 Å². The van der Waals surface area contributed by atoms with E-state index in [2.05, 4.69) is 40.8 Å². The molecule has 1 amide bonds. The van der Waals surface area contributed by atoms with Gasteiger partial charge in [-0.1, -0.05) is 6.07 Å². The molecule has 2 saturated heterocycles. The zero-order valence-corrected chi connectivity index (χ0v) is 20.8. The first-order chi connectivity index (χ1) is 16.2. The number of carbonyl (C=O) groups excluding carboxylic acids is 1. The number of aromatic nitrogens is 1. The van der Waals surface area contributed by atoms with Gasteiger partial charge in [0.1, 0.15) is 5.82 Å². The van der Waals surface area contributed by atoms with Gasteiger partial charge in [-0.05, 0) is 72.5 Å². The second-order valence-electron chi connectivity index (χ2n) is 8.94. The summed E-state index contributed by atoms with van der Waals surface area (Å²) in [6.45, 7) is 4.07. The predicted molar refractivity (Wildman–Crippen MR) is 137 cm³/mol. The number of pyridine rings is 1. The lowest BCUT2D eigenvalue weighted by Gasteiger charge is -2.28. The van der Waals surface area contributed by atoms with Crippen molar-refractivity contribution in [3.63, 3.8) is 0 Å². The molecule has 0 aliphatic carbocycles. The van der Waals surface area contributed by atoms with Gasteiger partial charge in [0.25, 0.3) is 0 Å². The Balaban J connectivity index is 1.48. The molecule has 0 radical (unpaired) electrons. The topological polar surface area (TPSA) is 45.7 Å². The Morgan fingerprint density at radius 2 is 2.12 bits per heavy atom. The first-order valence-electron chi connectivity index (χ1n) is 11.8. The summed E-state index contributed by atoms with van der Waals surface area (Å²) in [5.74, 6) is 1.20. The highest BCUT2D eigenvalue weighted by atomic mass is 32.2. The predicted octanol–water partition coefficient (Wildman–Crippen LogP) is 5.37. The first kappa shape index (κ1) is 22.7. The number of benzene rings is 1. The molecule has 0 bridgehead atoms.